The average molecular weight is 482 g/mol. The van der Waals surface area contributed by atoms with Crippen LogP contribution in [0.1, 0.15) is 46.9 Å². The van der Waals surface area contributed by atoms with Crippen LogP contribution in [0.25, 0.3) is 0 Å². The Morgan fingerprint density at radius 1 is 1.17 bits per heavy atom. The molecule has 1 fully saturated rings. The summed E-state index contributed by atoms with van der Waals surface area (Å²) < 4.78 is 17.3. The second-order valence-corrected chi connectivity index (χ2v) is 8.72. The van der Waals surface area contributed by atoms with Crippen molar-refractivity contribution in [2.45, 2.75) is 44.4 Å². The lowest BCUT2D eigenvalue weighted by atomic mass is 9.94. The number of nitrogens with zero attached hydrogens (tertiary/aromatic N) is 1. The van der Waals surface area contributed by atoms with Gasteiger partial charge >= 0.3 is 0 Å². The van der Waals surface area contributed by atoms with E-state index < -0.39 is 0 Å². The lowest BCUT2D eigenvalue weighted by Crippen LogP contribution is -2.54. The first-order valence-electron chi connectivity index (χ1n) is 11.8. The molecule has 2 heterocycles. The number of benzene rings is 2. The van der Waals surface area contributed by atoms with Gasteiger partial charge in [0.05, 0.1) is 31.2 Å². The summed E-state index contributed by atoms with van der Waals surface area (Å²) in [5.41, 5.74) is 1.31. The number of likely N-dealkylation sites (N-methyl/N-ethyl adjacent to an activating group) is 1. The van der Waals surface area contributed by atoms with Gasteiger partial charge in [-0.1, -0.05) is 6.07 Å². The minimum atomic E-state index is -0.335. The van der Waals surface area contributed by atoms with E-state index >= 15 is 0 Å². The van der Waals surface area contributed by atoms with E-state index in [0.717, 1.165) is 0 Å². The van der Waals surface area contributed by atoms with Crippen LogP contribution >= 0.6 is 0 Å². The van der Waals surface area contributed by atoms with E-state index in [0.29, 0.717) is 54.1 Å². The molecule has 35 heavy (non-hydrogen) atoms. The van der Waals surface area contributed by atoms with Crippen LogP contribution in [0, 0.1) is 0 Å². The number of fused-ring (bicyclic) bond motifs is 2. The van der Waals surface area contributed by atoms with E-state index in [9.17, 15) is 14.4 Å². The highest BCUT2D eigenvalue weighted by Gasteiger charge is 2.39. The highest BCUT2D eigenvalue weighted by Crippen LogP contribution is 2.32. The third-order valence-electron chi connectivity index (χ3n) is 6.39. The Labute approximate surface area is 204 Å². The summed E-state index contributed by atoms with van der Waals surface area (Å²) in [6.45, 7) is 2.72. The van der Waals surface area contributed by atoms with Crippen molar-refractivity contribution in [2.24, 2.45) is 0 Å². The maximum absolute atomic E-state index is 13.4. The van der Waals surface area contributed by atoms with Crippen LogP contribution in [0.4, 0.5) is 5.69 Å². The minimum Gasteiger partial charge on any atom is -0.497 e. The van der Waals surface area contributed by atoms with Crippen LogP contribution in [0.3, 0.4) is 0 Å². The SMILES string of the molecule is CCNC(=O)C[C@@H]1CC[C@@H]2[C@@H](COc3ccc(NC(=O)c4cccc(OC)c4)cc3C(=O)N2C)O1. The van der Waals surface area contributed by atoms with Crippen molar-refractivity contribution in [3.63, 3.8) is 0 Å². The fraction of sp³-hybridized carbons (Fsp3) is 0.423. The molecule has 0 saturated carbocycles. The quantitative estimate of drug-likeness (QED) is 0.657. The highest BCUT2D eigenvalue weighted by molar-refractivity contribution is 6.05. The molecule has 0 spiro atoms. The lowest BCUT2D eigenvalue weighted by Gasteiger charge is -2.42. The second kappa shape index (κ2) is 10.8. The van der Waals surface area contributed by atoms with Crippen molar-refractivity contribution in [3.8, 4) is 11.5 Å². The van der Waals surface area contributed by atoms with Crippen molar-refractivity contribution >= 4 is 23.4 Å². The molecule has 186 valence electrons. The van der Waals surface area contributed by atoms with Crippen LogP contribution in [0.2, 0.25) is 0 Å². The van der Waals surface area contributed by atoms with E-state index in [1.54, 1.807) is 61.5 Å². The van der Waals surface area contributed by atoms with Crippen LogP contribution in [0.5, 0.6) is 11.5 Å². The van der Waals surface area contributed by atoms with E-state index in [1.807, 2.05) is 6.92 Å². The molecule has 0 unspecified atom stereocenters. The molecular formula is C26H31N3O6. The molecule has 3 atom stereocenters. The van der Waals surface area contributed by atoms with Gasteiger partial charge in [0, 0.05) is 24.8 Å². The molecule has 2 aromatic carbocycles. The van der Waals surface area contributed by atoms with Crippen molar-refractivity contribution in [2.75, 3.05) is 32.6 Å². The zero-order valence-corrected chi connectivity index (χ0v) is 20.2. The van der Waals surface area contributed by atoms with Crippen molar-refractivity contribution in [3.05, 3.63) is 53.6 Å². The van der Waals surface area contributed by atoms with Gasteiger partial charge in [-0.3, -0.25) is 14.4 Å². The molecule has 0 bridgehead atoms. The molecule has 9 heteroatoms. The summed E-state index contributed by atoms with van der Waals surface area (Å²) in [5.74, 6) is 0.446. The first kappa shape index (κ1) is 24.5. The predicted molar refractivity (Wildman–Crippen MR) is 130 cm³/mol. The molecular weight excluding hydrogens is 450 g/mol. The van der Waals surface area contributed by atoms with E-state index in [4.69, 9.17) is 14.2 Å². The van der Waals surface area contributed by atoms with Crippen LogP contribution in [0.15, 0.2) is 42.5 Å². The Bertz CT molecular complexity index is 1100. The Hall–Kier alpha value is -3.59. The maximum atomic E-state index is 13.4. The van der Waals surface area contributed by atoms with E-state index in [1.165, 1.54) is 0 Å². The summed E-state index contributed by atoms with van der Waals surface area (Å²) in [7, 11) is 3.30. The molecule has 2 aliphatic heterocycles. The Kier molecular flexibility index (Phi) is 7.55. The molecule has 1 saturated heterocycles. The topological polar surface area (TPSA) is 106 Å². The summed E-state index contributed by atoms with van der Waals surface area (Å²) in [4.78, 5) is 39.8. The first-order valence-corrected chi connectivity index (χ1v) is 11.8. The van der Waals surface area contributed by atoms with E-state index in [2.05, 4.69) is 10.6 Å². The van der Waals surface area contributed by atoms with Gasteiger partial charge in [-0.05, 0) is 56.2 Å². The Morgan fingerprint density at radius 2 is 2.00 bits per heavy atom. The first-order chi connectivity index (χ1) is 16.9. The Morgan fingerprint density at radius 3 is 2.77 bits per heavy atom. The third kappa shape index (κ3) is 5.57. The molecule has 4 rings (SSSR count). The number of hydrogen-bond donors (Lipinski definition) is 2. The number of carbonyl (C=O) groups is 3. The number of ether oxygens (including phenoxy) is 3. The molecule has 0 aliphatic carbocycles. The summed E-state index contributed by atoms with van der Waals surface area (Å²) in [5, 5.41) is 5.64. The number of rotatable bonds is 6. The maximum Gasteiger partial charge on any atom is 0.257 e. The van der Waals surface area contributed by atoms with Gasteiger partial charge < -0.3 is 29.7 Å². The standard InChI is InChI=1S/C26H31N3O6/c1-4-27-24(30)14-19-9-10-21-23(35-19)15-34-22-11-8-17(13-20(22)26(32)29(21)2)28-25(31)16-6-5-7-18(12-16)33-3/h5-8,11-13,19,21,23H,4,9-10,14-15H2,1-3H3,(H,27,30)(H,28,31)/t19-,21+,23+/m0/s1. The minimum absolute atomic E-state index is 0.0407. The van der Waals surface area contributed by atoms with Gasteiger partial charge in [0.15, 0.2) is 0 Å². The van der Waals surface area contributed by atoms with Crippen LogP contribution in [-0.4, -0.2) is 68.2 Å². The normalized spacial score (nSPS) is 21.5. The third-order valence-corrected chi connectivity index (χ3v) is 6.39. The van der Waals surface area contributed by atoms with Gasteiger partial charge in [-0.15, -0.1) is 0 Å². The number of hydrogen-bond acceptors (Lipinski definition) is 6. The highest BCUT2D eigenvalue weighted by atomic mass is 16.5. The van der Waals surface area contributed by atoms with Gasteiger partial charge in [0.25, 0.3) is 11.8 Å². The van der Waals surface area contributed by atoms with Crippen molar-refractivity contribution in [1.82, 2.24) is 10.2 Å². The molecule has 2 aliphatic rings. The van der Waals surface area contributed by atoms with Gasteiger partial charge in [-0.2, -0.15) is 0 Å². The zero-order chi connectivity index (χ0) is 24.9. The number of methoxy groups -OCH3 is 1. The van der Waals surface area contributed by atoms with Crippen molar-refractivity contribution < 1.29 is 28.6 Å². The predicted octanol–water partition coefficient (Wildman–Crippen LogP) is 2.85. The van der Waals surface area contributed by atoms with Crippen LogP contribution < -0.4 is 20.1 Å². The number of anilines is 1. The molecule has 9 nitrogen and oxygen atoms in total. The smallest absolute Gasteiger partial charge is 0.257 e. The fourth-order valence-electron chi connectivity index (χ4n) is 4.55. The summed E-state index contributed by atoms with van der Waals surface area (Å²) in [6.07, 6.45) is 1.14. The second-order valence-electron chi connectivity index (χ2n) is 8.72. The largest absolute Gasteiger partial charge is 0.497 e. The Balaban J connectivity index is 1.49. The summed E-state index contributed by atoms with van der Waals surface area (Å²) in [6, 6.07) is 11.7. The van der Waals surface area contributed by atoms with Crippen LogP contribution in [-0.2, 0) is 9.53 Å². The molecule has 2 N–H and O–H groups in total. The zero-order valence-electron chi connectivity index (χ0n) is 20.2. The molecule has 0 radical (unpaired) electrons. The van der Waals surface area contributed by atoms with Gasteiger partial charge in [0.2, 0.25) is 5.91 Å². The van der Waals surface area contributed by atoms with Gasteiger partial charge in [0.1, 0.15) is 24.2 Å². The molecule has 3 amide bonds. The van der Waals surface area contributed by atoms with Crippen molar-refractivity contribution in [1.29, 1.82) is 0 Å². The molecule has 0 aromatic heterocycles. The fourth-order valence-corrected chi connectivity index (χ4v) is 4.55. The number of nitrogens with one attached hydrogen (secondary N) is 2. The molecule has 2 aromatic rings. The average Bonchev–Trinajstić information content (AvgIpc) is 2.86. The number of carbonyl (C=O) groups excluding carboxylic acids is 3. The van der Waals surface area contributed by atoms with E-state index in [-0.39, 0.29) is 42.6 Å². The monoisotopic (exact) mass is 481 g/mol. The summed E-state index contributed by atoms with van der Waals surface area (Å²) >= 11 is 0. The number of amides is 3. The van der Waals surface area contributed by atoms with Gasteiger partial charge in [-0.25, -0.2) is 0 Å². The lowest BCUT2D eigenvalue weighted by molar-refractivity contribution is -0.133.